The van der Waals surface area contributed by atoms with Crippen LogP contribution in [0.3, 0.4) is 0 Å². The van der Waals surface area contributed by atoms with Crippen molar-refractivity contribution in [2.24, 2.45) is 0 Å². The summed E-state index contributed by atoms with van der Waals surface area (Å²) in [6.45, 7) is 0.156. The van der Waals surface area contributed by atoms with Crippen LogP contribution in [-0.4, -0.2) is 71.0 Å². The molecule has 2 atom stereocenters. The minimum absolute atomic E-state index is 0.0819. The Morgan fingerprint density at radius 3 is 1.39 bits per heavy atom. The highest BCUT2D eigenvalue weighted by Crippen LogP contribution is 2.10. The van der Waals surface area contributed by atoms with Crippen LogP contribution in [-0.2, 0) is 9.47 Å². The maximum Gasteiger partial charge on any atom is 0.338 e. The van der Waals surface area contributed by atoms with Crippen LogP contribution < -0.4 is 0 Å². The van der Waals surface area contributed by atoms with E-state index < -0.39 is 24.1 Å². The van der Waals surface area contributed by atoms with Crippen molar-refractivity contribution < 1.29 is 39.5 Å². The van der Waals surface area contributed by atoms with Crippen LogP contribution in [0.1, 0.15) is 59.2 Å². The van der Waals surface area contributed by atoms with Gasteiger partial charge in [0.2, 0.25) is 0 Å². The predicted molar refractivity (Wildman–Crippen MR) is 101 cm³/mol. The summed E-state index contributed by atoms with van der Waals surface area (Å²) in [6, 6.07) is 5.91. The lowest BCUT2D eigenvalue weighted by Crippen LogP contribution is -2.13. The molecule has 1 rings (SSSR count). The molecule has 0 aliphatic rings. The molecule has 0 saturated carbocycles. The molecule has 2 unspecified atom stereocenters. The van der Waals surface area contributed by atoms with Crippen molar-refractivity contribution in [3.63, 3.8) is 0 Å². The first-order valence-corrected chi connectivity index (χ1v) is 9.50. The second-order valence-electron chi connectivity index (χ2n) is 6.47. The molecule has 0 fully saturated rings. The zero-order valence-electron chi connectivity index (χ0n) is 16.0. The molecule has 0 aliphatic carbocycles. The number of hydrogen-bond donors (Lipinski definition) is 4. The lowest BCUT2D eigenvalue weighted by atomic mass is 10.1. The number of benzene rings is 1. The summed E-state index contributed by atoms with van der Waals surface area (Å²) >= 11 is 0. The van der Waals surface area contributed by atoms with E-state index in [4.69, 9.17) is 19.7 Å². The number of carbonyl (C=O) groups excluding carboxylic acids is 2. The summed E-state index contributed by atoms with van der Waals surface area (Å²) in [4.78, 5) is 23.9. The third-order valence-corrected chi connectivity index (χ3v) is 4.11. The quantitative estimate of drug-likeness (QED) is 0.270. The number of carbonyl (C=O) groups is 2. The molecule has 0 aliphatic heterocycles. The zero-order valence-corrected chi connectivity index (χ0v) is 16.0. The van der Waals surface area contributed by atoms with Gasteiger partial charge in [0.25, 0.3) is 0 Å². The van der Waals surface area contributed by atoms with E-state index in [9.17, 15) is 19.8 Å². The molecule has 8 heteroatoms. The van der Waals surface area contributed by atoms with Gasteiger partial charge in [-0.05, 0) is 62.8 Å². The van der Waals surface area contributed by atoms with Crippen molar-refractivity contribution in [2.45, 2.75) is 50.7 Å². The van der Waals surface area contributed by atoms with Gasteiger partial charge in [-0.25, -0.2) is 9.59 Å². The number of ether oxygens (including phenoxy) is 2. The summed E-state index contributed by atoms with van der Waals surface area (Å²) in [7, 11) is 0. The lowest BCUT2D eigenvalue weighted by molar-refractivity contribution is 0.0456. The lowest BCUT2D eigenvalue weighted by Gasteiger charge is -2.10. The van der Waals surface area contributed by atoms with Crippen molar-refractivity contribution in [3.05, 3.63) is 35.4 Å². The van der Waals surface area contributed by atoms with Crippen molar-refractivity contribution in [1.29, 1.82) is 0 Å². The van der Waals surface area contributed by atoms with Crippen molar-refractivity contribution in [3.8, 4) is 0 Å². The molecule has 0 bridgehead atoms. The highest BCUT2D eigenvalue weighted by molar-refractivity contribution is 5.93. The van der Waals surface area contributed by atoms with Crippen molar-refractivity contribution in [2.75, 3.05) is 26.4 Å². The van der Waals surface area contributed by atoms with Gasteiger partial charge in [-0.15, -0.1) is 0 Å². The first-order valence-electron chi connectivity index (χ1n) is 9.50. The molecule has 0 amide bonds. The number of aliphatic hydroxyl groups is 4. The second-order valence-corrected chi connectivity index (χ2v) is 6.47. The molecule has 0 heterocycles. The van der Waals surface area contributed by atoms with E-state index in [2.05, 4.69) is 0 Å². The smallest absolute Gasteiger partial charge is 0.338 e. The first kappa shape index (κ1) is 24.0. The van der Waals surface area contributed by atoms with Gasteiger partial charge < -0.3 is 29.9 Å². The molecular weight excluding hydrogens is 368 g/mol. The molecule has 28 heavy (non-hydrogen) atoms. The number of hydrogen-bond acceptors (Lipinski definition) is 8. The van der Waals surface area contributed by atoms with E-state index >= 15 is 0 Å². The predicted octanol–water partition coefficient (Wildman–Crippen LogP) is 1.05. The van der Waals surface area contributed by atoms with Gasteiger partial charge in [-0.1, -0.05) is 0 Å². The molecule has 0 saturated heterocycles. The SMILES string of the molecule is O=C(OCCCC(O)CCO)c1ccc(C(=O)OCCCC(O)CCO)cc1. The molecule has 158 valence electrons. The van der Waals surface area contributed by atoms with E-state index in [0.717, 1.165) is 0 Å². The maximum atomic E-state index is 11.9. The van der Waals surface area contributed by atoms with Gasteiger partial charge in [0.1, 0.15) is 0 Å². The van der Waals surface area contributed by atoms with E-state index in [1.54, 1.807) is 0 Å². The van der Waals surface area contributed by atoms with Crippen LogP contribution in [0.25, 0.3) is 0 Å². The summed E-state index contributed by atoms with van der Waals surface area (Å²) in [6.07, 6.45) is 1.25. The third-order valence-electron chi connectivity index (χ3n) is 4.11. The van der Waals surface area contributed by atoms with E-state index in [1.165, 1.54) is 24.3 Å². The van der Waals surface area contributed by atoms with Gasteiger partial charge in [-0.2, -0.15) is 0 Å². The van der Waals surface area contributed by atoms with E-state index in [0.29, 0.717) is 49.7 Å². The zero-order chi connectivity index (χ0) is 20.8. The van der Waals surface area contributed by atoms with Crippen molar-refractivity contribution in [1.82, 2.24) is 0 Å². The Morgan fingerprint density at radius 1 is 0.714 bits per heavy atom. The van der Waals surface area contributed by atoms with Crippen LogP contribution in [0, 0.1) is 0 Å². The molecular formula is C20H30O8. The molecule has 8 nitrogen and oxygen atoms in total. The van der Waals surface area contributed by atoms with Gasteiger partial charge >= 0.3 is 11.9 Å². The molecule has 1 aromatic carbocycles. The normalized spacial score (nSPS) is 13.0. The fourth-order valence-corrected chi connectivity index (χ4v) is 2.46. The van der Waals surface area contributed by atoms with E-state index in [-0.39, 0.29) is 26.4 Å². The first-order chi connectivity index (χ1) is 13.5. The Labute approximate surface area is 164 Å². The minimum Gasteiger partial charge on any atom is -0.462 e. The van der Waals surface area contributed by atoms with Crippen LogP contribution in [0.2, 0.25) is 0 Å². The number of aliphatic hydroxyl groups excluding tert-OH is 4. The van der Waals surface area contributed by atoms with Gasteiger partial charge in [0.15, 0.2) is 0 Å². The van der Waals surface area contributed by atoms with Gasteiger partial charge in [-0.3, -0.25) is 0 Å². The summed E-state index contributed by atoms with van der Waals surface area (Å²) in [5.74, 6) is -1.04. The van der Waals surface area contributed by atoms with Crippen LogP contribution in [0.4, 0.5) is 0 Å². The maximum absolute atomic E-state index is 11.9. The van der Waals surface area contributed by atoms with Crippen molar-refractivity contribution >= 4 is 11.9 Å². The highest BCUT2D eigenvalue weighted by atomic mass is 16.5. The molecule has 1 aromatic rings. The van der Waals surface area contributed by atoms with Gasteiger partial charge in [0, 0.05) is 13.2 Å². The molecule has 0 radical (unpaired) electrons. The monoisotopic (exact) mass is 398 g/mol. The summed E-state index contributed by atoms with van der Waals surface area (Å²) in [5, 5.41) is 36.3. The molecule has 0 aromatic heterocycles. The Morgan fingerprint density at radius 2 is 1.07 bits per heavy atom. The van der Waals surface area contributed by atoms with Crippen LogP contribution in [0.5, 0.6) is 0 Å². The summed E-state index contributed by atoms with van der Waals surface area (Å²) < 4.78 is 10.2. The fraction of sp³-hybridized carbons (Fsp3) is 0.600. The number of esters is 2. The van der Waals surface area contributed by atoms with E-state index in [1.807, 2.05) is 0 Å². The third kappa shape index (κ3) is 9.80. The largest absolute Gasteiger partial charge is 0.462 e. The van der Waals surface area contributed by atoms with Gasteiger partial charge in [0.05, 0.1) is 36.5 Å². The highest BCUT2D eigenvalue weighted by Gasteiger charge is 2.12. The Hall–Kier alpha value is -2.00. The Kier molecular flexibility index (Phi) is 12.1. The fourth-order valence-electron chi connectivity index (χ4n) is 2.46. The van der Waals surface area contributed by atoms with Crippen LogP contribution in [0.15, 0.2) is 24.3 Å². The molecule has 0 spiro atoms. The average molecular weight is 398 g/mol. The number of rotatable bonds is 14. The second kappa shape index (κ2) is 14.1. The van der Waals surface area contributed by atoms with Crippen LogP contribution >= 0.6 is 0 Å². The Bertz CT molecular complexity index is 521. The summed E-state index contributed by atoms with van der Waals surface area (Å²) in [5.41, 5.74) is 0.610. The minimum atomic E-state index is -0.605. The standard InChI is InChI=1S/C20H30O8/c21-11-9-17(23)3-1-13-27-19(25)15-5-7-16(8-6-15)20(26)28-14-2-4-18(24)10-12-22/h5-8,17-18,21-24H,1-4,9-14H2. The topological polar surface area (TPSA) is 134 Å². The average Bonchev–Trinajstić information content (AvgIpc) is 2.69. The molecule has 4 N–H and O–H groups in total. The Balaban J connectivity index is 2.31.